The maximum Gasteiger partial charge on any atom is 0.411 e. The molecule has 3 atom stereocenters. The first-order valence-corrected chi connectivity index (χ1v) is 11.0. The summed E-state index contributed by atoms with van der Waals surface area (Å²) < 4.78 is 10.3. The number of amides is 2. The summed E-state index contributed by atoms with van der Waals surface area (Å²) in [5.41, 5.74) is 0.432. The molecule has 0 aromatic heterocycles. The number of nitrogens with zero attached hydrogens (tertiary/aromatic N) is 1. The molecular formula is C25H30N2O6. The fourth-order valence-corrected chi connectivity index (χ4v) is 4.15. The van der Waals surface area contributed by atoms with Crippen LogP contribution in [0.5, 0.6) is 0 Å². The lowest BCUT2D eigenvalue weighted by Gasteiger charge is -2.37. The molecular weight excluding hydrogens is 424 g/mol. The second-order valence-electron chi connectivity index (χ2n) is 8.20. The van der Waals surface area contributed by atoms with Gasteiger partial charge in [-0.1, -0.05) is 60.7 Å². The highest BCUT2D eigenvalue weighted by Gasteiger charge is 2.51. The van der Waals surface area contributed by atoms with Crippen LogP contribution in [0, 0.1) is 0 Å². The number of aliphatic hydroxyl groups is 1. The van der Waals surface area contributed by atoms with Crippen LogP contribution in [0.1, 0.15) is 30.9 Å². The third-order valence-electron chi connectivity index (χ3n) is 5.90. The van der Waals surface area contributed by atoms with Gasteiger partial charge >= 0.3 is 12.1 Å². The molecule has 1 fully saturated rings. The molecule has 0 radical (unpaired) electrons. The van der Waals surface area contributed by atoms with Crippen molar-refractivity contribution in [1.29, 1.82) is 0 Å². The largest absolute Gasteiger partial charge is 0.467 e. The second kappa shape index (κ2) is 11.0. The standard InChI is InChI=1S/C25H30N2O6/c1-18(28)21(22(29)32-2)26-23(30)25(16-19-10-5-3-6-11-19)14-9-15-27(25)24(31)33-17-20-12-7-4-8-13-20/h3-8,10-13,18,21,28H,9,14-17H2,1-2H3,(H,26,30)/t18-,21+,25+/m1/s1. The van der Waals surface area contributed by atoms with Crippen LogP contribution in [-0.2, 0) is 32.1 Å². The molecule has 3 rings (SSSR count). The van der Waals surface area contributed by atoms with Crippen molar-refractivity contribution in [3.8, 4) is 0 Å². The van der Waals surface area contributed by atoms with Crippen molar-refractivity contribution in [2.45, 2.75) is 50.5 Å². The van der Waals surface area contributed by atoms with Crippen molar-refractivity contribution in [2.75, 3.05) is 13.7 Å². The second-order valence-corrected chi connectivity index (χ2v) is 8.20. The van der Waals surface area contributed by atoms with Crippen LogP contribution in [0.3, 0.4) is 0 Å². The zero-order chi connectivity index (χ0) is 23.8. The average Bonchev–Trinajstić information content (AvgIpc) is 3.26. The summed E-state index contributed by atoms with van der Waals surface area (Å²) in [6.07, 6.45) is -0.544. The maximum absolute atomic E-state index is 13.6. The maximum atomic E-state index is 13.6. The molecule has 2 aromatic rings. The Bertz CT molecular complexity index is 950. The number of hydrogen-bond donors (Lipinski definition) is 2. The summed E-state index contributed by atoms with van der Waals surface area (Å²) in [5.74, 6) is -1.29. The third kappa shape index (κ3) is 5.70. The topological polar surface area (TPSA) is 105 Å². The predicted molar refractivity (Wildman–Crippen MR) is 121 cm³/mol. The van der Waals surface area contributed by atoms with Crippen LogP contribution < -0.4 is 5.32 Å². The van der Waals surface area contributed by atoms with Crippen molar-refractivity contribution in [3.05, 3.63) is 71.8 Å². The van der Waals surface area contributed by atoms with Crippen LogP contribution in [0.4, 0.5) is 4.79 Å². The molecule has 2 amide bonds. The highest BCUT2D eigenvalue weighted by molar-refractivity contribution is 5.94. The molecule has 33 heavy (non-hydrogen) atoms. The van der Waals surface area contributed by atoms with Crippen LogP contribution in [-0.4, -0.2) is 59.3 Å². The lowest BCUT2D eigenvalue weighted by atomic mass is 9.86. The minimum absolute atomic E-state index is 0.0810. The highest BCUT2D eigenvalue weighted by atomic mass is 16.6. The molecule has 8 nitrogen and oxygen atoms in total. The summed E-state index contributed by atoms with van der Waals surface area (Å²) in [5, 5.41) is 12.7. The van der Waals surface area contributed by atoms with Crippen LogP contribution >= 0.6 is 0 Å². The Morgan fingerprint density at radius 2 is 1.67 bits per heavy atom. The molecule has 1 saturated heterocycles. The molecule has 2 aromatic carbocycles. The van der Waals surface area contributed by atoms with Crippen LogP contribution in [0.2, 0.25) is 0 Å². The zero-order valence-corrected chi connectivity index (χ0v) is 18.9. The van der Waals surface area contributed by atoms with Gasteiger partial charge in [0.05, 0.1) is 13.2 Å². The number of esters is 1. The number of carbonyl (C=O) groups is 3. The van der Waals surface area contributed by atoms with E-state index < -0.39 is 35.7 Å². The van der Waals surface area contributed by atoms with Gasteiger partial charge in [0.25, 0.3) is 0 Å². The Kier molecular flexibility index (Phi) is 8.06. The first kappa shape index (κ1) is 24.3. The van der Waals surface area contributed by atoms with E-state index in [-0.39, 0.29) is 13.0 Å². The van der Waals surface area contributed by atoms with E-state index >= 15 is 0 Å². The SMILES string of the molecule is COC(=O)[C@@H](NC(=O)[C@@]1(Cc2ccccc2)CCCN1C(=O)OCc1ccccc1)[C@@H](C)O. The van der Waals surface area contributed by atoms with Crippen molar-refractivity contribution in [3.63, 3.8) is 0 Å². The van der Waals surface area contributed by atoms with Crippen molar-refractivity contribution >= 4 is 18.0 Å². The third-order valence-corrected chi connectivity index (χ3v) is 5.90. The summed E-state index contributed by atoms with van der Waals surface area (Å²) in [7, 11) is 1.19. The molecule has 8 heteroatoms. The number of hydrogen-bond acceptors (Lipinski definition) is 6. The van der Waals surface area contributed by atoms with Gasteiger partial charge in [0.2, 0.25) is 5.91 Å². The molecule has 2 N–H and O–H groups in total. The normalized spacial score (nSPS) is 19.4. The fourth-order valence-electron chi connectivity index (χ4n) is 4.15. The van der Waals surface area contributed by atoms with Gasteiger partial charge in [-0.05, 0) is 30.9 Å². The predicted octanol–water partition coefficient (Wildman–Crippen LogP) is 2.44. The Morgan fingerprint density at radius 3 is 2.24 bits per heavy atom. The van der Waals surface area contributed by atoms with E-state index in [1.165, 1.54) is 18.9 Å². The molecule has 1 aliphatic heterocycles. The molecule has 0 aliphatic carbocycles. The Hall–Kier alpha value is -3.39. The number of nitrogens with one attached hydrogen (secondary N) is 1. The molecule has 0 bridgehead atoms. The van der Waals surface area contributed by atoms with Gasteiger partial charge in [0, 0.05) is 13.0 Å². The fraction of sp³-hybridized carbons (Fsp3) is 0.400. The number of carbonyl (C=O) groups excluding carboxylic acids is 3. The summed E-state index contributed by atoms with van der Waals surface area (Å²) in [6, 6.07) is 17.4. The number of rotatable bonds is 8. The average molecular weight is 455 g/mol. The molecule has 0 saturated carbocycles. The van der Waals surface area contributed by atoms with Gasteiger partial charge < -0.3 is 19.9 Å². The molecule has 1 heterocycles. The Labute approximate surface area is 193 Å². The van der Waals surface area contributed by atoms with Crippen molar-refractivity contribution in [2.24, 2.45) is 0 Å². The zero-order valence-electron chi connectivity index (χ0n) is 18.9. The quantitative estimate of drug-likeness (QED) is 0.594. The van der Waals surface area contributed by atoms with Crippen LogP contribution in [0.25, 0.3) is 0 Å². The number of aliphatic hydroxyl groups excluding tert-OH is 1. The van der Waals surface area contributed by atoms with E-state index in [1.54, 1.807) is 0 Å². The van der Waals surface area contributed by atoms with Gasteiger partial charge in [0.1, 0.15) is 12.1 Å². The number of methoxy groups -OCH3 is 1. The number of benzene rings is 2. The first-order chi connectivity index (χ1) is 15.9. The van der Waals surface area contributed by atoms with E-state index in [2.05, 4.69) is 5.32 Å². The van der Waals surface area contributed by atoms with E-state index in [1.807, 2.05) is 60.7 Å². The molecule has 0 spiro atoms. The lowest BCUT2D eigenvalue weighted by molar-refractivity contribution is -0.149. The smallest absolute Gasteiger partial charge is 0.411 e. The van der Waals surface area contributed by atoms with Gasteiger partial charge in [0.15, 0.2) is 6.04 Å². The summed E-state index contributed by atoms with van der Waals surface area (Å²) in [4.78, 5) is 40.3. The lowest BCUT2D eigenvalue weighted by Crippen LogP contribution is -2.62. The van der Waals surface area contributed by atoms with Gasteiger partial charge in [-0.2, -0.15) is 0 Å². The molecule has 176 valence electrons. The highest BCUT2D eigenvalue weighted by Crippen LogP contribution is 2.34. The summed E-state index contributed by atoms with van der Waals surface area (Å²) >= 11 is 0. The van der Waals surface area contributed by atoms with E-state index in [0.717, 1.165) is 11.1 Å². The number of ether oxygens (including phenoxy) is 2. The van der Waals surface area contributed by atoms with E-state index in [4.69, 9.17) is 9.47 Å². The molecule has 1 aliphatic rings. The van der Waals surface area contributed by atoms with Crippen molar-refractivity contribution in [1.82, 2.24) is 10.2 Å². The Balaban J connectivity index is 1.87. The first-order valence-electron chi connectivity index (χ1n) is 11.0. The monoisotopic (exact) mass is 454 g/mol. The summed E-state index contributed by atoms with van der Waals surface area (Å²) in [6.45, 7) is 1.81. The minimum atomic E-state index is -1.27. The van der Waals surface area contributed by atoms with E-state index in [9.17, 15) is 19.5 Å². The molecule has 0 unspecified atom stereocenters. The minimum Gasteiger partial charge on any atom is -0.467 e. The van der Waals surface area contributed by atoms with Crippen molar-refractivity contribution < 1.29 is 29.0 Å². The van der Waals surface area contributed by atoms with Gasteiger partial charge in [-0.25, -0.2) is 9.59 Å². The Morgan fingerprint density at radius 1 is 1.06 bits per heavy atom. The number of likely N-dealkylation sites (tertiary alicyclic amines) is 1. The van der Waals surface area contributed by atoms with Crippen LogP contribution in [0.15, 0.2) is 60.7 Å². The van der Waals surface area contributed by atoms with E-state index in [0.29, 0.717) is 19.4 Å². The van der Waals surface area contributed by atoms with Gasteiger partial charge in [-0.3, -0.25) is 9.69 Å². The van der Waals surface area contributed by atoms with Gasteiger partial charge in [-0.15, -0.1) is 0 Å².